The Morgan fingerprint density at radius 3 is 2.44 bits per heavy atom. The number of carbonyl (C=O) groups excluding carboxylic acids is 1. The summed E-state index contributed by atoms with van der Waals surface area (Å²) in [6.07, 6.45) is -0.0226. The number of methoxy groups -OCH3 is 1. The molecule has 2 unspecified atom stereocenters. The lowest BCUT2D eigenvalue weighted by molar-refractivity contribution is 0.0387. The molecule has 0 aliphatic heterocycles. The third kappa shape index (κ3) is 4.82. The zero-order chi connectivity index (χ0) is 13.5. The Labute approximate surface area is 117 Å². The first-order chi connectivity index (χ1) is 8.56. The van der Waals surface area contributed by atoms with E-state index in [-0.39, 0.29) is 6.10 Å². The van der Waals surface area contributed by atoms with Crippen molar-refractivity contribution in [1.29, 1.82) is 0 Å². The smallest absolute Gasteiger partial charge is 0.438 e. The highest BCUT2D eigenvalue weighted by Crippen LogP contribution is 2.26. The zero-order valence-corrected chi connectivity index (χ0v) is 12.5. The average Bonchev–Trinajstić information content (AvgIpc) is 2.38. The predicted molar refractivity (Wildman–Crippen MR) is 77.3 cm³/mol. The summed E-state index contributed by atoms with van der Waals surface area (Å²) in [5.41, 5.74) is 1.22. The van der Waals surface area contributed by atoms with Gasteiger partial charge in [0, 0.05) is 4.90 Å². The quantitative estimate of drug-likeness (QED) is 0.497. The fraction of sp³-hybridized carbons (Fsp3) is 0.462. The van der Waals surface area contributed by atoms with Crippen LogP contribution < -0.4 is 0 Å². The molecule has 3 nitrogen and oxygen atoms in total. The maximum atomic E-state index is 11.0. The Morgan fingerprint density at radius 1 is 1.33 bits per heavy atom. The molecule has 0 amide bonds. The fourth-order valence-corrected chi connectivity index (χ4v) is 2.37. The molecule has 0 spiro atoms. The summed E-state index contributed by atoms with van der Waals surface area (Å²) in [5, 5.41) is 0. The van der Waals surface area contributed by atoms with Crippen LogP contribution in [-0.2, 0) is 9.47 Å². The minimum absolute atomic E-state index is 0.161. The second kappa shape index (κ2) is 7.59. The number of hydrogen-bond donors (Lipinski definition) is 1. The highest BCUT2D eigenvalue weighted by Gasteiger charge is 2.14. The number of ether oxygens (including phenoxy) is 2. The summed E-state index contributed by atoms with van der Waals surface area (Å²) in [5.74, 6) is 0.323. The average molecular weight is 286 g/mol. The number of thiol groups is 1. The molecule has 18 heavy (non-hydrogen) atoms. The van der Waals surface area contributed by atoms with Crippen LogP contribution in [0.1, 0.15) is 31.7 Å². The molecule has 1 aromatic rings. The van der Waals surface area contributed by atoms with Crippen molar-refractivity contribution in [3.8, 4) is 0 Å². The third-order valence-corrected chi connectivity index (χ3v) is 3.82. The summed E-state index contributed by atoms with van der Waals surface area (Å²) in [7, 11) is 2.73. The Kier molecular flexibility index (Phi) is 6.43. The van der Waals surface area contributed by atoms with Gasteiger partial charge in [0.15, 0.2) is 0 Å². The maximum Gasteiger partial charge on any atom is 0.508 e. The van der Waals surface area contributed by atoms with Gasteiger partial charge in [-0.05, 0) is 37.0 Å². The predicted octanol–water partition coefficient (Wildman–Crippen LogP) is 4.29. The van der Waals surface area contributed by atoms with E-state index in [1.54, 1.807) is 0 Å². The number of carbonyl (C=O) groups is 1. The lowest BCUT2D eigenvalue weighted by atomic mass is 9.95. The molecule has 2 atom stereocenters. The summed E-state index contributed by atoms with van der Waals surface area (Å²) in [4.78, 5) is 12.1. The van der Waals surface area contributed by atoms with E-state index in [4.69, 9.17) is 4.74 Å². The lowest BCUT2D eigenvalue weighted by Crippen LogP contribution is -2.16. The summed E-state index contributed by atoms with van der Waals surface area (Å²) in [6, 6.07) is 8.23. The van der Waals surface area contributed by atoms with Gasteiger partial charge in [-0.15, -0.1) is 11.7 Å². The zero-order valence-electron chi connectivity index (χ0n) is 10.8. The van der Waals surface area contributed by atoms with Gasteiger partial charge in [-0.3, -0.25) is 0 Å². The van der Waals surface area contributed by atoms with Gasteiger partial charge in [-0.25, -0.2) is 4.79 Å². The Hall–Kier alpha value is -0.810. The highest BCUT2D eigenvalue weighted by molar-refractivity contribution is 8.68. The minimum atomic E-state index is -0.628. The molecule has 1 aromatic carbocycles. The van der Waals surface area contributed by atoms with Gasteiger partial charge in [0.25, 0.3) is 0 Å². The van der Waals surface area contributed by atoms with Gasteiger partial charge < -0.3 is 9.47 Å². The molecule has 1 rings (SSSR count). The van der Waals surface area contributed by atoms with Crippen molar-refractivity contribution >= 4 is 28.6 Å². The van der Waals surface area contributed by atoms with Crippen LogP contribution in [0, 0.1) is 0 Å². The van der Waals surface area contributed by atoms with Crippen molar-refractivity contribution in [1.82, 2.24) is 0 Å². The number of rotatable bonds is 5. The van der Waals surface area contributed by atoms with E-state index in [1.807, 2.05) is 19.1 Å². The van der Waals surface area contributed by atoms with E-state index in [9.17, 15) is 4.79 Å². The standard InChI is InChI=1S/C13H18O3S2/c1-9(8-10(2)16-13(14)15-3)11-4-6-12(18-17)7-5-11/h4-7,9-10,17H,8H2,1-3H3. The second-order valence-electron chi connectivity index (χ2n) is 4.18. The van der Waals surface area contributed by atoms with Crippen molar-refractivity contribution in [3.05, 3.63) is 29.8 Å². The minimum Gasteiger partial charge on any atom is -0.438 e. The molecule has 0 heterocycles. The van der Waals surface area contributed by atoms with Gasteiger partial charge >= 0.3 is 6.16 Å². The van der Waals surface area contributed by atoms with Crippen molar-refractivity contribution in [2.45, 2.75) is 37.2 Å². The summed E-state index contributed by atoms with van der Waals surface area (Å²) >= 11 is 4.15. The van der Waals surface area contributed by atoms with Gasteiger partial charge in [0.05, 0.1) is 7.11 Å². The van der Waals surface area contributed by atoms with E-state index < -0.39 is 6.16 Å². The van der Waals surface area contributed by atoms with Crippen LogP contribution >= 0.6 is 22.5 Å². The van der Waals surface area contributed by atoms with Crippen LogP contribution in [-0.4, -0.2) is 19.4 Å². The molecule has 0 radical (unpaired) electrons. The molecule has 0 N–H and O–H groups in total. The summed E-state index contributed by atoms with van der Waals surface area (Å²) in [6.45, 7) is 3.98. The van der Waals surface area contributed by atoms with E-state index in [0.717, 1.165) is 11.3 Å². The van der Waals surface area contributed by atoms with E-state index >= 15 is 0 Å². The number of hydrogen-bond acceptors (Lipinski definition) is 5. The molecule has 0 fully saturated rings. The molecular formula is C13H18O3S2. The fourth-order valence-electron chi connectivity index (χ4n) is 1.75. The van der Waals surface area contributed by atoms with Crippen LogP contribution in [0.5, 0.6) is 0 Å². The first-order valence-electron chi connectivity index (χ1n) is 5.72. The monoisotopic (exact) mass is 286 g/mol. The van der Waals surface area contributed by atoms with Crippen molar-refractivity contribution < 1.29 is 14.3 Å². The topological polar surface area (TPSA) is 35.5 Å². The Balaban J connectivity index is 2.53. The van der Waals surface area contributed by atoms with Gasteiger partial charge in [0.1, 0.15) is 6.10 Å². The van der Waals surface area contributed by atoms with Crippen LogP contribution in [0.25, 0.3) is 0 Å². The first kappa shape index (κ1) is 15.2. The molecule has 0 bridgehead atoms. The lowest BCUT2D eigenvalue weighted by Gasteiger charge is -2.17. The third-order valence-electron chi connectivity index (χ3n) is 2.70. The van der Waals surface area contributed by atoms with Gasteiger partial charge in [-0.2, -0.15) is 0 Å². The summed E-state index contributed by atoms with van der Waals surface area (Å²) < 4.78 is 9.53. The highest BCUT2D eigenvalue weighted by atomic mass is 33.1. The maximum absolute atomic E-state index is 11.0. The molecule has 0 saturated carbocycles. The van der Waals surface area contributed by atoms with E-state index in [1.165, 1.54) is 23.5 Å². The van der Waals surface area contributed by atoms with Crippen molar-refractivity contribution in [3.63, 3.8) is 0 Å². The molecule has 0 aliphatic rings. The van der Waals surface area contributed by atoms with Crippen LogP contribution in [0.2, 0.25) is 0 Å². The van der Waals surface area contributed by atoms with Crippen LogP contribution in [0.4, 0.5) is 4.79 Å². The second-order valence-corrected chi connectivity index (χ2v) is 5.38. The molecule has 0 aliphatic carbocycles. The van der Waals surface area contributed by atoms with E-state index in [0.29, 0.717) is 5.92 Å². The van der Waals surface area contributed by atoms with Gasteiger partial charge in [0.2, 0.25) is 0 Å². The molecule has 0 aromatic heterocycles. The Morgan fingerprint density at radius 2 is 1.94 bits per heavy atom. The molecule has 100 valence electrons. The molecule has 5 heteroatoms. The van der Waals surface area contributed by atoms with Crippen molar-refractivity contribution in [2.75, 3.05) is 7.11 Å². The largest absolute Gasteiger partial charge is 0.508 e. The van der Waals surface area contributed by atoms with Gasteiger partial charge in [-0.1, -0.05) is 29.9 Å². The molecule has 0 saturated heterocycles. The SMILES string of the molecule is COC(=O)OC(C)CC(C)c1ccc(SS)cc1. The first-order valence-corrected chi connectivity index (χ1v) is 7.59. The number of benzene rings is 1. The van der Waals surface area contributed by atoms with Crippen LogP contribution in [0.15, 0.2) is 29.2 Å². The van der Waals surface area contributed by atoms with Crippen molar-refractivity contribution in [2.24, 2.45) is 0 Å². The van der Waals surface area contributed by atoms with Crippen LogP contribution in [0.3, 0.4) is 0 Å². The Bertz CT molecular complexity index is 378. The van der Waals surface area contributed by atoms with E-state index in [2.05, 4.69) is 35.5 Å². The normalized spacial score (nSPS) is 13.8. The molecular weight excluding hydrogens is 268 g/mol.